The first-order chi connectivity index (χ1) is 13.0. The van der Waals surface area contributed by atoms with Gasteiger partial charge in [-0.05, 0) is 56.0 Å². The van der Waals surface area contributed by atoms with Crippen molar-refractivity contribution in [2.75, 3.05) is 7.11 Å². The van der Waals surface area contributed by atoms with Crippen LogP contribution in [0.2, 0.25) is 0 Å². The normalized spacial score (nSPS) is 19.6. The van der Waals surface area contributed by atoms with Gasteiger partial charge in [0.05, 0.1) is 18.1 Å². The lowest BCUT2D eigenvalue weighted by atomic mass is 9.98. The van der Waals surface area contributed by atoms with E-state index in [1.54, 1.807) is 44.4 Å². The van der Waals surface area contributed by atoms with Crippen LogP contribution in [0.15, 0.2) is 42.1 Å². The van der Waals surface area contributed by atoms with Gasteiger partial charge in [0.2, 0.25) is 10.3 Å². The third-order valence-corrected chi connectivity index (χ3v) is 5.78. The van der Waals surface area contributed by atoms with E-state index in [1.807, 2.05) is 0 Å². The van der Waals surface area contributed by atoms with Gasteiger partial charge in [0.1, 0.15) is 0 Å². The third-order valence-electron chi connectivity index (χ3n) is 4.90. The molecule has 0 heterocycles. The van der Waals surface area contributed by atoms with E-state index in [-0.39, 0.29) is 16.9 Å². The summed E-state index contributed by atoms with van der Waals surface area (Å²) in [5.41, 5.74) is 0.965. The molecule has 0 bridgehead atoms. The van der Waals surface area contributed by atoms with E-state index in [4.69, 9.17) is 9.47 Å². The molecule has 0 aromatic heterocycles. The monoisotopic (exact) mass is 389 g/mol. The van der Waals surface area contributed by atoms with Crippen molar-refractivity contribution in [3.63, 3.8) is 0 Å². The molecule has 27 heavy (non-hydrogen) atoms. The summed E-state index contributed by atoms with van der Waals surface area (Å²) in [7, 11) is -0.755. The molecule has 1 atom stereocenters. The quantitative estimate of drug-likeness (QED) is 0.783. The van der Waals surface area contributed by atoms with Gasteiger partial charge in [-0.3, -0.25) is 4.79 Å². The molecule has 1 N–H and O–H groups in total. The Morgan fingerprint density at radius 1 is 1.19 bits per heavy atom. The fourth-order valence-corrected chi connectivity index (χ4v) is 3.94. The van der Waals surface area contributed by atoms with Gasteiger partial charge in [0.15, 0.2) is 11.5 Å². The van der Waals surface area contributed by atoms with Crippen LogP contribution >= 0.6 is 0 Å². The molecule has 2 aliphatic carbocycles. The van der Waals surface area contributed by atoms with E-state index in [1.165, 1.54) is 6.08 Å². The molecule has 0 radical (unpaired) electrons. The van der Waals surface area contributed by atoms with E-state index >= 15 is 0 Å². The van der Waals surface area contributed by atoms with Gasteiger partial charge in [0, 0.05) is 17.2 Å². The largest absolute Gasteiger partial charge is 0.493 e. The third kappa shape index (κ3) is 4.42. The standard InChI is InChI=1S/C20H23NO5S/c1-13-16(8-5-9-19(13)27(23)24)21-20(22)14-10-11-17(25-2)18(12-14)26-15-6-3-4-7-15/h5,8-13,15H,3-4,6-7H2,1-2H3,(H,21,22). The van der Waals surface area contributed by atoms with Crippen molar-refractivity contribution in [1.29, 1.82) is 0 Å². The minimum Gasteiger partial charge on any atom is -0.493 e. The number of ether oxygens (including phenoxy) is 2. The summed E-state index contributed by atoms with van der Waals surface area (Å²) >= 11 is 0. The minimum absolute atomic E-state index is 0.146. The molecule has 0 spiro atoms. The Bertz CT molecular complexity index is 916. The molecule has 1 unspecified atom stereocenters. The first-order valence-electron chi connectivity index (χ1n) is 9.00. The Morgan fingerprint density at radius 2 is 1.93 bits per heavy atom. The highest BCUT2D eigenvalue weighted by Gasteiger charge is 2.22. The van der Waals surface area contributed by atoms with Crippen LogP contribution in [0.5, 0.6) is 11.5 Å². The van der Waals surface area contributed by atoms with E-state index in [0.717, 1.165) is 25.7 Å². The smallest absolute Gasteiger partial charge is 0.255 e. The van der Waals surface area contributed by atoms with Crippen molar-refractivity contribution in [1.82, 2.24) is 5.32 Å². The van der Waals surface area contributed by atoms with Gasteiger partial charge in [-0.1, -0.05) is 13.0 Å². The van der Waals surface area contributed by atoms with E-state index < -0.39 is 16.2 Å². The lowest BCUT2D eigenvalue weighted by molar-refractivity contribution is 0.0962. The second-order valence-electron chi connectivity index (χ2n) is 6.68. The average Bonchev–Trinajstić information content (AvgIpc) is 3.16. The van der Waals surface area contributed by atoms with Gasteiger partial charge in [-0.25, -0.2) is 0 Å². The molecule has 6 nitrogen and oxygen atoms in total. The summed E-state index contributed by atoms with van der Waals surface area (Å²) in [4.78, 5) is 12.9. The first kappa shape index (κ1) is 19.2. The number of allylic oxidation sites excluding steroid dienone is 4. The van der Waals surface area contributed by atoms with Crippen LogP contribution in [0, 0.1) is 5.92 Å². The highest BCUT2D eigenvalue weighted by Crippen LogP contribution is 2.32. The summed E-state index contributed by atoms with van der Waals surface area (Å²) in [5, 5.41) is 2.81. The molecule has 0 aliphatic heterocycles. The molecule has 0 saturated heterocycles. The van der Waals surface area contributed by atoms with Crippen molar-refractivity contribution in [3.05, 3.63) is 47.7 Å². The van der Waals surface area contributed by atoms with Crippen molar-refractivity contribution in [3.8, 4) is 11.5 Å². The number of benzene rings is 1. The van der Waals surface area contributed by atoms with Gasteiger partial charge >= 0.3 is 0 Å². The minimum atomic E-state index is -2.32. The predicted molar refractivity (Wildman–Crippen MR) is 104 cm³/mol. The summed E-state index contributed by atoms with van der Waals surface area (Å²) in [6.45, 7) is 1.74. The summed E-state index contributed by atoms with van der Waals surface area (Å²) in [6, 6.07) is 5.05. The van der Waals surface area contributed by atoms with Crippen LogP contribution in [-0.4, -0.2) is 32.4 Å². The average molecular weight is 389 g/mol. The number of carbonyl (C=O) groups excluding carboxylic acids is 1. The lowest BCUT2D eigenvalue weighted by Gasteiger charge is -2.19. The second kappa shape index (κ2) is 8.43. The molecular formula is C20H23NO5S. The van der Waals surface area contributed by atoms with Gasteiger partial charge in [0.25, 0.3) is 5.91 Å². The summed E-state index contributed by atoms with van der Waals surface area (Å²) in [6.07, 6.45) is 9.29. The molecule has 144 valence electrons. The Balaban J connectivity index is 1.79. The Hall–Kier alpha value is -2.54. The highest BCUT2D eigenvalue weighted by atomic mass is 32.2. The van der Waals surface area contributed by atoms with Crippen molar-refractivity contribution in [2.24, 2.45) is 5.92 Å². The van der Waals surface area contributed by atoms with Gasteiger partial charge in [-0.2, -0.15) is 8.42 Å². The fraction of sp³-hybridized carbons (Fsp3) is 0.400. The Labute approximate surface area is 160 Å². The Kier molecular flexibility index (Phi) is 6.01. The maximum atomic E-state index is 12.7. The fourth-order valence-electron chi connectivity index (χ4n) is 3.34. The maximum absolute atomic E-state index is 12.7. The first-order valence-corrected chi connectivity index (χ1v) is 10.1. The van der Waals surface area contributed by atoms with Crippen LogP contribution in [-0.2, 0) is 10.3 Å². The summed E-state index contributed by atoms with van der Waals surface area (Å²) in [5.74, 6) is 0.405. The zero-order valence-corrected chi connectivity index (χ0v) is 16.2. The van der Waals surface area contributed by atoms with Gasteiger partial charge in [-0.15, -0.1) is 0 Å². The molecule has 1 aromatic carbocycles. The summed E-state index contributed by atoms with van der Waals surface area (Å²) < 4.78 is 34.0. The van der Waals surface area contributed by atoms with Crippen molar-refractivity contribution < 1.29 is 22.7 Å². The molecule has 1 amide bonds. The number of nitrogens with one attached hydrogen (secondary N) is 1. The van der Waals surface area contributed by atoms with Crippen molar-refractivity contribution >= 4 is 21.1 Å². The van der Waals surface area contributed by atoms with E-state index in [9.17, 15) is 13.2 Å². The van der Waals surface area contributed by atoms with E-state index in [2.05, 4.69) is 5.32 Å². The topological polar surface area (TPSA) is 81.7 Å². The number of hydrogen-bond donors (Lipinski definition) is 1. The second-order valence-corrected chi connectivity index (χ2v) is 7.62. The SMILES string of the molecule is COc1ccc(C(=O)NC2=CC=CC(=S(=O)=O)C2C)cc1OC1CCCC1. The molecule has 3 rings (SSSR count). The molecule has 1 fully saturated rings. The van der Waals surface area contributed by atoms with Crippen LogP contribution in [0.25, 0.3) is 0 Å². The number of methoxy groups -OCH3 is 1. The molecule has 1 saturated carbocycles. The molecule has 1 aromatic rings. The maximum Gasteiger partial charge on any atom is 0.255 e. The van der Waals surface area contributed by atoms with Crippen LogP contribution in [0.3, 0.4) is 0 Å². The predicted octanol–water partition coefficient (Wildman–Crippen LogP) is 2.89. The van der Waals surface area contributed by atoms with Crippen molar-refractivity contribution in [2.45, 2.75) is 38.7 Å². The molecule has 7 heteroatoms. The zero-order chi connectivity index (χ0) is 19.4. The molecular weight excluding hydrogens is 366 g/mol. The highest BCUT2D eigenvalue weighted by molar-refractivity contribution is 7.73. The van der Waals surface area contributed by atoms with Gasteiger partial charge < -0.3 is 14.8 Å². The zero-order valence-electron chi connectivity index (χ0n) is 15.4. The number of amides is 1. The van der Waals surface area contributed by atoms with Crippen LogP contribution < -0.4 is 14.8 Å². The number of rotatable bonds is 5. The molecule has 2 aliphatic rings. The van der Waals surface area contributed by atoms with E-state index in [0.29, 0.717) is 22.8 Å². The number of hydrogen-bond acceptors (Lipinski definition) is 5. The van der Waals surface area contributed by atoms with Crippen LogP contribution in [0.4, 0.5) is 0 Å². The lowest BCUT2D eigenvalue weighted by Crippen LogP contribution is -2.30. The Morgan fingerprint density at radius 3 is 2.59 bits per heavy atom. The number of carbonyl (C=O) groups is 1. The van der Waals surface area contributed by atoms with Crippen LogP contribution in [0.1, 0.15) is 43.0 Å².